The van der Waals surface area contributed by atoms with Crippen LogP contribution in [0.5, 0.6) is 0 Å². The van der Waals surface area contributed by atoms with E-state index in [1.807, 2.05) is 26.8 Å². The normalized spacial score (nSPS) is 25.1. The Balaban J connectivity index is 1.80. The average molecular weight is 538 g/mol. The van der Waals surface area contributed by atoms with Crippen LogP contribution in [0, 0.1) is 5.41 Å². The number of anilines is 1. The molecular formula is C31H43N3O5. The predicted molar refractivity (Wildman–Crippen MR) is 153 cm³/mol. The smallest absolute Gasteiger partial charge is 0.407 e. The molecule has 0 unspecified atom stereocenters. The van der Waals surface area contributed by atoms with E-state index in [9.17, 15) is 14.4 Å². The zero-order valence-electron chi connectivity index (χ0n) is 24.2. The Morgan fingerprint density at radius 2 is 1.82 bits per heavy atom. The Morgan fingerprint density at radius 3 is 2.49 bits per heavy atom. The number of carbonyl (C=O) groups excluding carboxylic acids is 3. The SMILES string of the molecule is CO[C@@]12C[C@@H](C=O)N(C1)C(=O)[C@H](C(C)(C)C)NC(=O)OCCCCCCc1cc3cc2ccc3cc1N(C)C. The minimum absolute atomic E-state index is 0.212. The van der Waals surface area contributed by atoms with Crippen LogP contribution in [0.3, 0.4) is 0 Å². The molecule has 0 spiro atoms. The fourth-order valence-corrected chi connectivity index (χ4v) is 5.89. The van der Waals surface area contributed by atoms with Gasteiger partial charge in [-0.3, -0.25) is 4.79 Å². The molecule has 2 heterocycles. The molecule has 4 rings (SSSR count). The summed E-state index contributed by atoms with van der Waals surface area (Å²) >= 11 is 0. The van der Waals surface area contributed by atoms with E-state index in [1.54, 1.807) is 12.0 Å². The first-order valence-corrected chi connectivity index (χ1v) is 14.0. The third kappa shape index (κ3) is 6.06. The Morgan fingerprint density at radius 1 is 1.08 bits per heavy atom. The lowest BCUT2D eigenvalue weighted by Gasteiger charge is -2.35. The minimum Gasteiger partial charge on any atom is -0.450 e. The summed E-state index contributed by atoms with van der Waals surface area (Å²) in [5.74, 6) is -0.313. The summed E-state index contributed by atoms with van der Waals surface area (Å²) in [6.45, 7) is 6.19. The fourth-order valence-electron chi connectivity index (χ4n) is 5.89. The molecule has 2 amide bonds. The Labute approximate surface area is 232 Å². The standard InChI is InChI=1S/C31H43N3O5/c1-30(2,3)27-28(36)34-20-31(38-6,18-25(34)19-35)24-13-12-21-17-26(33(4)5)22(15-23(21)16-24)11-9-7-8-10-14-39-29(37)32-27/h12-13,15-17,19,25,27H,7-11,14,18,20H2,1-6H3,(H,32,37)/t25-,27+,31-/m0/s1. The maximum Gasteiger partial charge on any atom is 0.407 e. The zero-order valence-corrected chi connectivity index (χ0v) is 24.2. The number of cyclic esters (lactones) is 1. The number of alkyl carbamates (subject to hydrolysis) is 1. The molecular weight excluding hydrogens is 494 g/mol. The number of hydrogen-bond acceptors (Lipinski definition) is 6. The summed E-state index contributed by atoms with van der Waals surface area (Å²) in [6.07, 6.45) is 5.28. The molecule has 2 aliphatic rings. The molecule has 0 radical (unpaired) electrons. The number of methoxy groups -OCH3 is 1. The number of hydrogen-bond donors (Lipinski definition) is 1. The Kier molecular flexibility index (Phi) is 8.54. The van der Waals surface area contributed by atoms with Crippen molar-refractivity contribution >= 4 is 34.7 Å². The van der Waals surface area contributed by atoms with Gasteiger partial charge in [0.1, 0.15) is 17.9 Å². The molecule has 2 aliphatic heterocycles. The third-order valence-electron chi connectivity index (χ3n) is 8.19. The number of carbonyl (C=O) groups is 3. The van der Waals surface area contributed by atoms with Crippen molar-refractivity contribution in [3.8, 4) is 0 Å². The van der Waals surface area contributed by atoms with E-state index in [0.717, 1.165) is 54.7 Å². The predicted octanol–water partition coefficient (Wildman–Crippen LogP) is 4.80. The summed E-state index contributed by atoms with van der Waals surface area (Å²) in [7, 11) is 5.77. The van der Waals surface area contributed by atoms with Gasteiger partial charge in [-0.05, 0) is 64.8 Å². The van der Waals surface area contributed by atoms with Crippen LogP contribution in [0.1, 0.15) is 64.0 Å². The highest BCUT2D eigenvalue weighted by Gasteiger charge is 2.50. The molecule has 2 aromatic rings. The molecule has 8 heteroatoms. The quantitative estimate of drug-likeness (QED) is 0.566. The van der Waals surface area contributed by atoms with Crippen LogP contribution in [0.4, 0.5) is 10.5 Å². The molecule has 1 N–H and O–H groups in total. The molecule has 0 aliphatic carbocycles. The minimum atomic E-state index is -0.856. The molecule has 0 aromatic heterocycles. The van der Waals surface area contributed by atoms with Crippen molar-refractivity contribution in [2.45, 2.75) is 77.0 Å². The molecule has 5 bridgehead atoms. The van der Waals surface area contributed by atoms with Crippen LogP contribution < -0.4 is 10.2 Å². The van der Waals surface area contributed by atoms with Crippen molar-refractivity contribution in [3.63, 3.8) is 0 Å². The Bertz CT molecular complexity index is 1220. The fraction of sp³-hybridized carbons (Fsp3) is 0.581. The third-order valence-corrected chi connectivity index (χ3v) is 8.19. The van der Waals surface area contributed by atoms with Crippen molar-refractivity contribution < 1.29 is 23.9 Å². The second-order valence-electron chi connectivity index (χ2n) is 12.3. The van der Waals surface area contributed by atoms with Gasteiger partial charge < -0.3 is 29.4 Å². The van der Waals surface area contributed by atoms with Gasteiger partial charge in [-0.1, -0.05) is 45.7 Å². The van der Waals surface area contributed by atoms with Gasteiger partial charge >= 0.3 is 6.09 Å². The first-order chi connectivity index (χ1) is 18.5. The van der Waals surface area contributed by atoms with E-state index in [1.165, 1.54) is 11.3 Å². The summed E-state index contributed by atoms with van der Waals surface area (Å²) in [5, 5.41) is 5.04. The van der Waals surface area contributed by atoms with Crippen LogP contribution in [0.2, 0.25) is 0 Å². The van der Waals surface area contributed by atoms with Crippen molar-refractivity contribution in [2.24, 2.45) is 5.41 Å². The molecule has 0 saturated carbocycles. The van der Waals surface area contributed by atoms with Crippen LogP contribution >= 0.6 is 0 Å². The molecule has 2 aromatic carbocycles. The van der Waals surface area contributed by atoms with E-state index >= 15 is 0 Å². The lowest BCUT2D eigenvalue weighted by atomic mass is 9.85. The molecule has 3 atom stereocenters. The van der Waals surface area contributed by atoms with Gasteiger partial charge in [-0.2, -0.15) is 0 Å². The number of rotatable bonds is 3. The number of nitrogens with zero attached hydrogens (tertiary/aromatic N) is 2. The first kappa shape index (κ1) is 28.9. The number of benzene rings is 2. The highest BCUT2D eigenvalue weighted by atomic mass is 16.5. The number of ether oxygens (including phenoxy) is 2. The maximum atomic E-state index is 13.9. The van der Waals surface area contributed by atoms with Crippen molar-refractivity contribution in [3.05, 3.63) is 41.5 Å². The number of nitrogens with one attached hydrogen (secondary N) is 1. The number of aryl methyl sites for hydroxylation is 1. The number of amides is 2. The number of aldehydes is 1. The van der Waals surface area contributed by atoms with Gasteiger partial charge in [0, 0.05) is 33.3 Å². The zero-order chi connectivity index (χ0) is 28.4. The largest absolute Gasteiger partial charge is 0.450 e. The van der Waals surface area contributed by atoms with Crippen LogP contribution in [-0.4, -0.2) is 69.6 Å². The topological polar surface area (TPSA) is 88.2 Å². The van der Waals surface area contributed by atoms with E-state index in [2.05, 4.69) is 48.6 Å². The highest BCUT2D eigenvalue weighted by Crippen LogP contribution is 2.41. The van der Waals surface area contributed by atoms with Crippen LogP contribution in [-0.2, 0) is 31.1 Å². The number of fused-ring (bicyclic) bond motifs is 5. The lowest BCUT2D eigenvalue weighted by molar-refractivity contribution is -0.139. The maximum absolute atomic E-state index is 13.9. The first-order valence-electron chi connectivity index (χ1n) is 14.0. The summed E-state index contributed by atoms with van der Waals surface area (Å²) in [6, 6.07) is 9.25. The van der Waals surface area contributed by atoms with Gasteiger partial charge in [0.15, 0.2) is 0 Å². The highest BCUT2D eigenvalue weighted by molar-refractivity contribution is 5.90. The molecule has 1 fully saturated rings. The summed E-state index contributed by atoms with van der Waals surface area (Å²) in [5.41, 5.74) is 1.98. The summed E-state index contributed by atoms with van der Waals surface area (Å²) in [4.78, 5) is 42.6. The Hall–Kier alpha value is -3.13. The van der Waals surface area contributed by atoms with Gasteiger partial charge in [0.25, 0.3) is 0 Å². The monoisotopic (exact) mass is 537 g/mol. The van der Waals surface area contributed by atoms with Crippen molar-refractivity contribution in [1.82, 2.24) is 10.2 Å². The molecule has 8 nitrogen and oxygen atoms in total. The van der Waals surface area contributed by atoms with Gasteiger partial charge in [-0.15, -0.1) is 0 Å². The van der Waals surface area contributed by atoms with Crippen molar-refractivity contribution in [1.29, 1.82) is 0 Å². The molecule has 39 heavy (non-hydrogen) atoms. The van der Waals surface area contributed by atoms with Gasteiger partial charge in [-0.25, -0.2) is 4.79 Å². The second-order valence-corrected chi connectivity index (χ2v) is 12.3. The van der Waals surface area contributed by atoms with Crippen LogP contribution in [0.15, 0.2) is 30.3 Å². The second kappa shape index (κ2) is 11.5. The van der Waals surface area contributed by atoms with Crippen LogP contribution in [0.25, 0.3) is 10.8 Å². The van der Waals surface area contributed by atoms with E-state index < -0.39 is 29.2 Å². The van der Waals surface area contributed by atoms with E-state index in [4.69, 9.17) is 9.47 Å². The van der Waals surface area contributed by atoms with Gasteiger partial charge in [0.2, 0.25) is 5.91 Å². The molecule has 1 saturated heterocycles. The average Bonchev–Trinajstić information content (AvgIpc) is 3.29. The lowest BCUT2D eigenvalue weighted by Crippen LogP contribution is -2.56. The van der Waals surface area contributed by atoms with Gasteiger partial charge in [0.05, 0.1) is 19.2 Å². The van der Waals surface area contributed by atoms with Crippen molar-refractivity contribution in [2.75, 3.05) is 39.3 Å². The molecule has 212 valence electrons. The van der Waals surface area contributed by atoms with E-state index in [0.29, 0.717) is 13.0 Å². The summed E-state index contributed by atoms with van der Waals surface area (Å²) < 4.78 is 11.6. The van der Waals surface area contributed by atoms with E-state index in [-0.39, 0.29) is 12.5 Å².